The van der Waals surface area contributed by atoms with Gasteiger partial charge in [-0.1, -0.05) is 6.92 Å². The third kappa shape index (κ3) is 2.49. The van der Waals surface area contributed by atoms with Crippen molar-refractivity contribution in [2.24, 2.45) is 0 Å². The summed E-state index contributed by atoms with van der Waals surface area (Å²) in [7, 11) is 4.06. The third-order valence-electron chi connectivity index (χ3n) is 3.24. The highest BCUT2D eigenvalue weighted by Crippen LogP contribution is 2.21. The summed E-state index contributed by atoms with van der Waals surface area (Å²) in [6.45, 7) is 7.72. The third-order valence-corrected chi connectivity index (χ3v) is 3.24. The van der Waals surface area contributed by atoms with Crippen LogP contribution in [0.2, 0.25) is 0 Å². The fourth-order valence-corrected chi connectivity index (χ4v) is 1.98. The Morgan fingerprint density at radius 2 is 2.20 bits per heavy atom. The molecule has 0 aromatic rings. The number of rotatable bonds is 4. The van der Waals surface area contributed by atoms with E-state index in [1.54, 1.807) is 0 Å². The van der Waals surface area contributed by atoms with Gasteiger partial charge in [-0.3, -0.25) is 10.1 Å². The SMILES string of the molecule is CCC1(C)NCN(C(C)CN(C)C)C1=O. The molecule has 4 nitrogen and oxygen atoms in total. The van der Waals surface area contributed by atoms with Gasteiger partial charge in [0.15, 0.2) is 0 Å². The summed E-state index contributed by atoms with van der Waals surface area (Å²) >= 11 is 0. The van der Waals surface area contributed by atoms with E-state index >= 15 is 0 Å². The highest BCUT2D eigenvalue weighted by atomic mass is 16.2. The summed E-state index contributed by atoms with van der Waals surface area (Å²) in [5.74, 6) is 0.236. The number of nitrogens with one attached hydrogen (secondary N) is 1. The number of carbonyl (C=O) groups excluding carboxylic acids is 1. The highest BCUT2D eigenvalue weighted by Gasteiger charge is 2.42. The van der Waals surface area contributed by atoms with Gasteiger partial charge in [0.25, 0.3) is 0 Å². The predicted octanol–water partition coefficient (Wildman–Crippen LogP) is 0.495. The summed E-state index contributed by atoms with van der Waals surface area (Å²) in [5, 5.41) is 3.29. The zero-order chi connectivity index (χ0) is 11.6. The maximum absolute atomic E-state index is 12.1. The Bertz CT molecular complexity index is 242. The monoisotopic (exact) mass is 213 g/mol. The molecular weight excluding hydrogens is 190 g/mol. The van der Waals surface area contributed by atoms with Crippen molar-refractivity contribution >= 4 is 5.91 Å². The van der Waals surface area contributed by atoms with Gasteiger partial charge in [-0.2, -0.15) is 0 Å². The van der Waals surface area contributed by atoms with E-state index in [1.807, 2.05) is 32.8 Å². The molecule has 2 atom stereocenters. The summed E-state index contributed by atoms with van der Waals surface area (Å²) < 4.78 is 0. The lowest BCUT2D eigenvalue weighted by Gasteiger charge is -2.28. The summed E-state index contributed by atoms with van der Waals surface area (Å²) in [6, 6.07) is 0.272. The molecule has 1 heterocycles. The molecule has 0 saturated carbocycles. The van der Waals surface area contributed by atoms with E-state index < -0.39 is 0 Å². The van der Waals surface area contributed by atoms with Crippen LogP contribution < -0.4 is 5.32 Å². The van der Waals surface area contributed by atoms with E-state index in [-0.39, 0.29) is 17.5 Å². The number of hydrogen-bond acceptors (Lipinski definition) is 3. The van der Waals surface area contributed by atoms with Gasteiger partial charge in [0.05, 0.1) is 12.2 Å². The number of likely N-dealkylation sites (N-methyl/N-ethyl adjacent to an activating group) is 1. The topological polar surface area (TPSA) is 35.6 Å². The molecule has 0 aromatic carbocycles. The first-order valence-electron chi connectivity index (χ1n) is 5.61. The molecule has 0 bridgehead atoms. The van der Waals surface area contributed by atoms with Crippen LogP contribution in [-0.2, 0) is 4.79 Å². The van der Waals surface area contributed by atoms with Gasteiger partial charge in [0.2, 0.25) is 5.91 Å². The van der Waals surface area contributed by atoms with Crippen molar-refractivity contribution in [1.82, 2.24) is 15.1 Å². The maximum Gasteiger partial charge on any atom is 0.243 e. The van der Waals surface area contributed by atoms with Crippen molar-refractivity contribution in [2.45, 2.75) is 38.8 Å². The lowest BCUT2D eigenvalue weighted by Crippen LogP contribution is -2.46. The molecule has 0 aliphatic carbocycles. The van der Waals surface area contributed by atoms with Crippen molar-refractivity contribution in [2.75, 3.05) is 27.3 Å². The second-order valence-electron chi connectivity index (χ2n) is 4.91. The second-order valence-corrected chi connectivity index (χ2v) is 4.91. The van der Waals surface area contributed by atoms with E-state index in [4.69, 9.17) is 0 Å². The van der Waals surface area contributed by atoms with Crippen LogP contribution in [-0.4, -0.2) is 54.6 Å². The lowest BCUT2D eigenvalue weighted by atomic mass is 9.99. The summed E-state index contributed by atoms with van der Waals surface area (Å²) in [5.41, 5.74) is -0.347. The molecule has 1 rings (SSSR count). The van der Waals surface area contributed by atoms with Gasteiger partial charge < -0.3 is 9.80 Å². The van der Waals surface area contributed by atoms with E-state index in [9.17, 15) is 4.79 Å². The first kappa shape index (κ1) is 12.5. The molecule has 1 amide bonds. The first-order valence-corrected chi connectivity index (χ1v) is 5.61. The van der Waals surface area contributed by atoms with E-state index in [0.29, 0.717) is 6.67 Å². The fourth-order valence-electron chi connectivity index (χ4n) is 1.98. The standard InChI is InChI=1S/C11H23N3O/c1-6-11(3)10(15)14(8-12-11)9(2)7-13(4)5/h9,12H,6-8H2,1-5H3. The van der Waals surface area contributed by atoms with E-state index in [1.165, 1.54) is 0 Å². The van der Waals surface area contributed by atoms with Crippen LogP contribution in [0.25, 0.3) is 0 Å². The van der Waals surface area contributed by atoms with Crippen LogP contribution in [0.1, 0.15) is 27.2 Å². The Morgan fingerprint density at radius 1 is 1.60 bits per heavy atom. The zero-order valence-electron chi connectivity index (χ0n) is 10.5. The van der Waals surface area contributed by atoms with Crippen LogP contribution >= 0.6 is 0 Å². The molecule has 1 N–H and O–H groups in total. The Morgan fingerprint density at radius 3 is 2.60 bits per heavy atom. The molecule has 4 heteroatoms. The van der Waals surface area contributed by atoms with Crippen molar-refractivity contribution in [3.63, 3.8) is 0 Å². The number of carbonyl (C=O) groups is 1. The highest BCUT2D eigenvalue weighted by molar-refractivity contribution is 5.88. The van der Waals surface area contributed by atoms with Gasteiger partial charge in [0, 0.05) is 12.6 Å². The molecule has 2 unspecified atom stereocenters. The molecule has 1 aliphatic rings. The molecular formula is C11H23N3O. The quantitative estimate of drug-likeness (QED) is 0.738. The molecule has 1 aliphatic heterocycles. The minimum absolute atomic E-state index is 0.236. The average molecular weight is 213 g/mol. The van der Waals surface area contributed by atoms with Gasteiger partial charge >= 0.3 is 0 Å². The average Bonchev–Trinajstić information content (AvgIpc) is 2.44. The van der Waals surface area contributed by atoms with Gasteiger partial charge in [-0.25, -0.2) is 0 Å². The maximum atomic E-state index is 12.1. The Kier molecular flexibility index (Phi) is 3.73. The predicted molar refractivity (Wildman–Crippen MR) is 61.6 cm³/mol. The molecule has 1 saturated heterocycles. The van der Waals surface area contributed by atoms with Crippen molar-refractivity contribution in [3.8, 4) is 0 Å². The van der Waals surface area contributed by atoms with Gasteiger partial charge in [-0.15, -0.1) is 0 Å². The zero-order valence-corrected chi connectivity index (χ0v) is 10.5. The Labute approximate surface area is 92.6 Å². The smallest absolute Gasteiger partial charge is 0.243 e. The van der Waals surface area contributed by atoms with Gasteiger partial charge in [0.1, 0.15) is 0 Å². The minimum Gasteiger partial charge on any atom is -0.324 e. The Hall–Kier alpha value is -0.610. The molecule has 0 aromatic heterocycles. The van der Waals surface area contributed by atoms with Crippen molar-refractivity contribution in [3.05, 3.63) is 0 Å². The first-order chi connectivity index (χ1) is 6.90. The fraction of sp³-hybridized carbons (Fsp3) is 0.909. The van der Waals surface area contributed by atoms with Crippen LogP contribution in [0, 0.1) is 0 Å². The van der Waals surface area contributed by atoms with Crippen molar-refractivity contribution in [1.29, 1.82) is 0 Å². The summed E-state index contributed by atoms with van der Waals surface area (Å²) in [4.78, 5) is 16.2. The largest absolute Gasteiger partial charge is 0.324 e. The molecule has 0 radical (unpaired) electrons. The normalized spacial score (nSPS) is 28.9. The minimum atomic E-state index is -0.347. The lowest BCUT2D eigenvalue weighted by molar-refractivity contribution is -0.133. The van der Waals surface area contributed by atoms with Crippen LogP contribution in [0.4, 0.5) is 0 Å². The number of amides is 1. The number of nitrogens with zero attached hydrogens (tertiary/aromatic N) is 2. The van der Waals surface area contributed by atoms with E-state index in [0.717, 1.165) is 13.0 Å². The van der Waals surface area contributed by atoms with Gasteiger partial charge in [-0.05, 0) is 34.4 Å². The molecule has 1 fully saturated rings. The van der Waals surface area contributed by atoms with Crippen LogP contribution in [0.5, 0.6) is 0 Å². The van der Waals surface area contributed by atoms with E-state index in [2.05, 4.69) is 17.1 Å². The van der Waals surface area contributed by atoms with Crippen molar-refractivity contribution < 1.29 is 4.79 Å². The second kappa shape index (κ2) is 4.49. The molecule has 0 spiro atoms. The Balaban J connectivity index is 2.63. The van der Waals surface area contributed by atoms with Crippen LogP contribution in [0.3, 0.4) is 0 Å². The number of hydrogen-bond donors (Lipinski definition) is 1. The molecule has 88 valence electrons. The molecule has 15 heavy (non-hydrogen) atoms. The van der Waals surface area contributed by atoms with Crippen LogP contribution in [0.15, 0.2) is 0 Å². The summed E-state index contributed by atoms with van der Waals surface area (Å²) in [6.07, 6.45) is 0.844.